The third kappa shape index (κ3) is 5.32. The number of carbonyl (C=O) groups excluding carboxylic acids is 1. The fourth-order valence-electron chi connectivity index (χ4n) is 2.19. The molecule has 7 heteroatoms. The Morgan fingerprint density at radius 3 is 2.82 bits per heavy atom. The number of nitrogens with one attached hydrogen (secondary N) is 1. The number of halogens is 2. The summed E-state index contributed by atoms with van der Waals surface area (Å²) in [5.41, 5.74) is 5.29. The lowest BCUT2D eigenvalue weighted by molar-refractivity contribution is -0.130. The van der Waals surface area contributed by atoms with E-state index in [2.05, 4.69) is 5.32 Å². The maximum atomic E-state index is 12.2. The van der Waals surface area contributed by atoms with Gasteiger partial charge in [-0.2, -0.15) is 0 Å². The van der Waals surface area contributed by atoms with Gasteiger partial charge in [0, 0.05) is 18.2 Å². The van der Waals surface area contributed by atoms with Crippen molar-refractivity contribution >= 4 is 29.9 Å². The molecule has 2 rings (SSSR count). The van der Waals surface area contributed by atoms with Crippen LogP contribution in [-0.2, 0) is 9.53 Å². The Hall–Kier alpha value is -1.01. The average molecular weight is 349 g/mol. The zero-order valence-electron chi connectivity index (χ0n) is 12.5. The van der Waals surface area contributed by atoms with E-state index in [-0.39, 0.29) is 24.4 Å². The van der Waals surface area contributed by atoms with Crippen molar-refractivity contribution in [1.29, 1.82) is 0 Å². The van der Waals surface area contributed by atoms with E-state index in [1.165, 1.54) is 0 Å². The molecule has 1 aromatic rings. The standard InChI is InChI=1S/C15H21ClN2O3.ClH/c1-11(21-13-4-2-3-12(16)9-13)10-18-14(19)15(17)5-7-20-8-6-15;/h2-4,9,11H,5-8,10,17H2,1H3,(H,18,19);1H. The van der Waals surface area contributed by atoms with Crippen molar-refractivity contribution in [2.75, 3.05) is 19.8 Å². The van der Waals surface area contributed by atoms with E-state index in [0.717, 1.165) is 0 Å². The van der Waals surface area contributed by atoms with Crippen molar-refractivity contribution in [2.45, 2.75) is 31.4 Å². The summed E-state index contributed by atoms with van der Waals surface area (Å²) in [7, 11) is 0. The maximum absolute atomic E-state index is 12.2. The van der Waals surface area contributed by atoms with E-state index < -0.39 is 5.54 Å². The topological polar surface area (TPSA) is 73.6 Å². The highest BCUT2D eigenvalue weighted by Crippen LogP contribution is 2.19. The predicted molar refractivity (Wildman–Crippen MR) is 88.8 cm³/mol. The van der Waals surface area contributed by atoms with Gasteiger partial charge in [0.05, 0.1) is 12.1 Å². The highest BCUT2D eigenvalue weighted by Gasteiger charge is 2.35. The van der Waals surface area contributed by atoms with Gasteiger partial charge in [-0.15, -0.1) is 12.4 Å². The van der Waals surface area contributed by atoms with Crippen molar-refractivity contribution in [2.24, 2.45) is 5.73 Å². The van der Waals surface area contributed by atoms with Crippen LogP contribution in [0.15, 0.2) is 24.3 Å². The molecule has 124 valence electrons. The molecule has 0 aromatic heterocycles. The monoisotopic (exact) mass is 348 g/mol. The SMILES string of the molecule is CC(CNC(=O)C1(N)CCOCC1)Oc1cccc(Cl)c1.Cl. The van der Waals surface area contributed by atoms with Crippen molar-refractivity contribution in [3.63, 3.8) is 0 Å². The Kier molecular flexibility index (Phi) is 7.42. The van der Waals surface area contributed by atoms with Gasteiger partial charge in [-0.3, -0.25) is 4.79 Å². The number of amides is 1. The third-order valence-corrected chi connectivity index (χ3v) is 3.76. The fourth-order valence-corrected chi connectivity index (χ4v) is 2.37. The first-order valence-electron chi connectivity index (χ1n) is 7.07. The Labute approximate surface area is 141 Å². The first kappa shape index (κ1) is 19.0. The Morgan fingerprint density at radius 1 is 1.50 bits per heavy atom. The molecule has 1 heterocycles. The van der Waals surface area contributed by atoms with Crippen LogP contribution in [0.3, 0.4) is 0 Å². The fraction of sp³-hybridized carbons (Fsp3) is 0.533. The number of carbonyl (C=O) groups is 1. The van der Waals surface area contributed by atoms with Crippen LogP contribution in [0.25, 0.3) is 0 Å². The van der Waals surface area contributed by atoms with Crippen LogP contribution in [-0.4, -0.2) is 37.3 Å². The molecule has 1 amide bonds. The van der Waals surface area contributed by atoms with E-state index in [1.807, 2.05) is 19.1 Å². The van der Waals surface area contributed by atoms with Gasteiger partial charge in [0.2, 0.25) is 5.91 Å². The molecule has 1 unspecified atom stereocenters. The number of rotatable bonds is 5. The molecule has 0 bridgehead atoms. The number of ether oxygens (including phenoxy) is 2. The van der Waals surface area contributed by atoms with E-state index in [1.54, 1.807) is 12.1 Å². The van der Waals surface area contributed by atoms with Crippen molar-refractivity contribution in [3.8, 4) is 5.75 Å². The average Bonchev–Trinajstić information content (AvgIpc) is 2.45. The molecule has 1 atom stereocenters. The summed E-state index contributed by atoms with van der Waals surface area (Å²) in [6.07, 6.45) is 0.918. The Balaban J connectivity index is 0.00000242. The van der Waals surface area contributed by atoms with Crippen LogP contribution in [0.1, 0.15) is 19.8 Å². The van der Waals surface area contributed by atoms with Gasteiger partial charge >= 0.3 is 0 Å². The second-order valence-corrected chi connectivity index (χ2v) is 5.80. The Morgan fingerprint density at radius 2 is 2.18 bits per heavy atom. The summed E-state index contributed by atoms with van der Waals surface area (Å²) in [5, 5.41) is 3.47. The smallest absolute Gasteiger partial charge is 0.240 e. The first-order valence-corrected chi connectivity index (χ1v) is 7.44. The molecule has 0 aliphatic carbocycles. The summed E-state index contributed by atoms with van der Waals surface area (Å²) in [5.74, 6) is 0.533. The van der Waals surface area contributed by atoms with E-state index in [0.29, 0.717) is 43.4 Å². The predicted octanol–water partition coefficient (Wildman–Crippen LogP) is 2.15. The molecule has 1 aliphatic rings. The maximum Gasteiger partial charge on any atom is 0.240 e. The zero-order chi connectivity index (χ0) is 15.3. The molecule has 1 aromatic carbocycles. The second kappa shape index (κ2) is 8.58. The Bertz CT molecular complexity index is 493. The highest BCUT2D eigenvalue weighted by atomic mass is 35.5. The largest absolute Gasteiger partial charge is 0.489 e. The normalized spacial score (nSPS) is 18.0. The molecule has 1 fully saturated rings. The van der Waals surface area contributed by atoms with Crippen LogP contribution in [0.4, 0.5) is 0 Å². The van der Waals surface area contributed by atoms with Gasteiger partial charge in [0.15, 0.2) is 0 Å². The number of benzene rings is 1. The molecular weight excluding hydrogens is 327 g/mol. The van der Waals surface area contributed by atoms with Gasteiger partial charge in [-0.05, 0) is 38.0 Å². The van der Waals surface area contributed by atoms with Gasteiger partial charge < -0.3 is 20.5 Å². The van der Waals surface area contributed by atoms with Crippen LogP contribution >= 0.6 is 24.0 Å². The number of nitrogens with two attached hydrogens (primary N) is 1. The molecule has 0 spiro atoms. The molecular formula is C15H22Cl2N2O3. The minimum atomic E-state index is -0.825. The van der Waals surface area contributed by atoms with Crippen molar-refractivity contribution in [1.82, 2.24) is 5.32 Å². The van der Waals surface area contributed by atoms with Gasteiger partial charge in [-0.1, -0.05) is 17.7 Å². The summed E-state index contributed by atoms with van der Waals surface area (Å²) < 4.78 is 10.9. The van der Waals surface area contributed by atoms with Gasteiger partial charge in [-0.25, -0.2) is 0 Å². The van der Waals surface area contributed by atoms with Crippen molar-refractivity contribution in [3.05, 3.63) is 29.3 Å². The van der Waals surface area contributed by atoms with Gasteiger partial charge in [0.1, 0.15) is 11.9 Å². The minimum absolute atomic E-state index is 0. The zero-order valence-corrected chi connectivity index (χ0v) is 14.1. The molecule has 0 saturated carbocycles. The highest BCUT2D eigenvalue weighted by molar-refractivity contribution is 6.30. The lowest BCUT2D eigenvalue weighted by Gasteiger charge is -2.32. The number of hydrogen-bond acceptors (Lipinski definition) is 4. The summed E-state index contributed by atoms with van der Waals surface area (Å²) >= 11 is 5.90. The van der Waals surface area contributed by atoms with Gasteiger partial charge in [0.25, 0.3) is 0 Å². The van der Waals surface area contributed by atoms with Crippen LogP contribution in [0, 0.1) is 0 Å². The van der Waals surface area contributed by atoms with Crippen molar-refractivity contribution < 1.29 is 14.3 Å². The quantitative estimate of drug-likeness (QED) is 0.854. The van der Waals surface area contributed by atoms with E-state index in [4.69, 9.17) is 26.8 Å². The summed E-state index contributed by atoms with van der Waals surface area (Å²) in [6.45, 7) is 3.33. The van der Waals surface area contributed by atoms with Crippen LogP contribution in [0.5, 0.6) is 5.75 Å². The summed E-state index contributed by atoms with van der Waals surface area (Å²) in [6, 6.07) is 7.17. The third-order valence-electron chi connectivity index (χ3n) is 3.52. The molecule has 5 nitrogen and oxygen atoms in total. The lowest BCUT2D eigenvalue weighted by Crippen LogP contribution is -2.57. The molecule has 3 N–H and O–H groups in total. The van der Waals surface area contributed by atoms with E-state index in [9.17, 15) is 4.79 Å². The van der Waals surface area contributed by atoms with Crippen LogP contribution < -0.4 is 15.8 Å². The van der Waals surface area contributed by atoms with E-state index >= 15 is 0 Å². The molecule has 0 radical (unpaired) electrons. The molecule has 22 heavy (non-hydrogen) atoms. The second-order valence-electron chi connectivity index (χ2n) is 5.36. The minimum Gasteiger partial charge on any atom is -0.489 e. The first-order chi connectivity index (χ1) is 9.99. The van der Waals surface area contributed by atoms with Crippen LogP contribution in [0.2, 0.25) is 5.02 Å². The number of hydrogen-bond donors (Lipinski definition) is 2. The molecule has 1 aliphatic heterocycles. The molecule has 1 saturated heterocycles. The summed E-state index contributed by atoms with van der Waals surface area (Å²) in [4.78, 5) is 12.2. The lowest BCUT2D eigenvalue weighted by atomic mass is 9.90.